The van der Waals surface area contributed by atoms with E-state index in [0.29, 0.717) is 25.8 Å². The number of likely N-dealkylation sites (tertiary alicyclic amines) is 1. The molecule has 1 N–H and O–H groups in total. The first kappa shape index (κ1) is 24.6. The summed E-state index contributed by atoms with van der Waals surface area (Å²) in [5, 5.41) is 3.01. The van der Waals surface area contributed by atoms with Crippen molar-refractivity contribution >= 4 is 29.8 Å². The minimum Gasteiger partial charge on any atom is -0.466 e. The van der Waals surface area contributed by atoms with Crippen molar-refractivity contribution in [2.75, 3.05) is 13.2 Å². The van der Waals surface area contributed by atoms with Crippen LogP contribution in [0.1, 0.15) is 60.3 Å². The number of nitrogens with one attached hydrogen (secondary N) is 1. The van der Waals surface area contributed by atoms with Crippen molar-refractivity contribution in [1.29, 1.82) is 0 Å². The zero-order valence-electron chi connectivity index (χ0n) is 18.4. The highest BCUT2D eigenvalue weighted by molar-refractivity contribution is 7.98. The highest BCUT2D eigenvalue weighted by Gasteiger charge is 2.45. The summed E-state index contributed by atoms with van der Waals surface area (Å²) in [6.07, 6.45) is 2.48. The standard InChI is InChI=1S/C20H33N3O6S/c1-6-28-18(25)13-9-10-15(30-22-27)16(13)21-12(2)17(24)23-11-7-8-14(23)19(26)29-20(3,4)5/h12-16,21H,6-11H2,1-5H3/t12-,13?,14-,15?,16?/m0/s1. The SMILES string of the molecule is CCOC(=O)C1CCC(SN=O)C1N[C@@H](C)C(=O)N1CCC[C@H]1C(=O)OC(C)(C)C. The van der Waals surface area contributed by atoms with E-state index in [-0.39, 0.29) is 23.7 Å². The number of rotatable bonds is 8. The Kier molecular flexibility index (Phi) is 8.66. The van der Waals surface area contributed by atoms with Crippen molar-refractivity contribution in [3.05, 3.63) is 4.91 Å². The van der Waals surface area contributed by atoms with E-state index in [4.69, 9.17) is 9.47 Å². The summed E-state index contributed by atoms with van der Waals surface area (Å²) in [7, 11) is 0. The van der Waals surface area contributed by atoms with Crippen LogP contribution in [0.5, 0.6) is 0 Å². The van der Waals surface area contributed by atoms with Gasteiger partial charge in [-0.1, -0.05) is 0 Å². The molecule has 1 aliphatic heterocycles. The molecule has 1 saturated heterocycles. The summed E-state index contributed by atoms with van der Waals surface area (Å²) >= 11 is 0.884. The summed E-state index contributed by atoms with van der Waals surface area (Å²) in [5.41, 5.74) is -0.624. The number of hydrogen-bond acceptors (Lipinski definition) is 9. The van der Waals surface area contributed by atoms with Crippen LogP contribution in [-0.4, -0.2) is 64.9 Å². The summed E-state index contributed by atoms with van der Waals surface area (Å²) in [5.74, 6) is -1.40. The zero-order valence-corrected chi connectivity index (χ0v) is 19.2. The van der Waals surface area contributed by atoms with Gasteiger partial charge < -0.3 is 19.7 Å². The van der Waals surface area contributed by atoms with Crippen molar-refractivity contribution in [3.63, 3.8) is 0 Å². The molecule has 0 aromatic heterocycles. The molecule has 170 valence electrons. The molecule has 5 atom stereocenters. The highest BCUT2D eigenvalue weighted by Crippen LogP contribution is 2.36. The Morgan fingerprint density at radius 2 is 1.90 bits per heavy atom. The van der Waals surface area contributed by atoms with Gasteiger partial charge >= 0.3 is 11.9 Å². The van der Waals surface area contributed by atoms with Gasteiger partial charge in [0.2, 0.25) is 5.91 Å². The van der Waals surface area contributed by atoms with Gasteiger partial charge in [0, 0.05) is 34.4 Å². The van der Waals surface area contributed by atoms with Crippen LogP contribution in [0.3, 0.4) is 0 Å². The second kappa shape index (κ2) is 10.6. The summed E-state index contributed by atoms with van der Waals surface area (Å²) in [4.78, 5) is 50.4. The van der Waals surface area contributed by atoms with E-state index in [2.05, 4.69) is 9.90 Å². The molecule has 3 unspecified atom stereocenters. The van der Waals surface area contributed by atoms with E-state index in [0.717, 1.165) is 18.4 Å². The minimum atomic E-state index is -0.636. The Balaban J connectivity index is 2.08. The number of nitrogens with zero attached hydrogens (tertiary/aromatic N) is 2. The lowest BCUT2D eigenvalue weighted by molar-refractivity contribution is -0.163. The number of nitroso groups, excluding NO2 is 1. The summed E-state index contributed by atoms with van der Waals surface area (Å²) < 4.78 is 13.6. The van der Waals surface area contributed by atoms with E-state index >= 15 is 0 Å². The Morgan fingerprint density at radius 1 is 1.20 bits per heavy atom. The number of hydrogen-bond donors (Lipinski definition) is 1. The number of ether oxygens (including phenoxy) is 2. The summed E-state index contributed by atoms with van der Waals surface area (Å²) in [6, 6.07) is -1.65. The maximum atomic E-state index is 13.1. The fraction of sp³-hybridized carbons (Fsp3) is 0.850. The number of esters is 2. The molecule has 1 saturated carbocycles. The monoisotopic (exact) mass is 443 g/mol. The van der Waals surface area contributed by atoms with Gasteiger partial charge in [-0.25, -0.2) is 4.79 Å². The van der Waals surface area contributed by atoms with Crippen LogP contribution in [0.4, 0.5) is 0 Å². The molecule has 2 aliphatic rings. The van der Waals surface area contributed by atoms with Crippen molar-refractivity contribution in [1.82, 2.24) is 10.2 Å². The van der Waals surface area contributed by atoms with Gasteiger partial charge in [-0.05, 0) is 60.3 Å². The average Bonchev–Trinajstić information content (AvgIpc) is 3.28. The molecule has 0 aromatic rings. The number of amides is 1. The van der Waals surface area contributed by atoms with Crippen LogP contribution < -0.4 is 5.32 Å². The molecule has 30 heavy (non-hydrogen) atoms. The normalized spacial score (nSPS) is 27.6. The maximum absolute atomic E-state index is 13.1. The van der Waals surface area contributed by atoms with Crippen LogP contribution >= 0.6 is 11.9 Å². The first-order chi connectivity index (χ1) is 14.1. The molecule has 0 spiro atoms. The molecule has 1 amide bonds. The Hall–Kier alpha value is -1.68. The maximum Gasteiger partial charge on any atom is 0.329 e. The zero-order chi connectivity index (χ0) is 22.5. The molecule has 0 aromatic carbocycles. The number of carbonyl (C=O) groups is 3. The van der Waals surface area contributed by atoms with Crippen molar-refractivity contribution < 1.29 is 23.9 Å². The molecule has 9 nitrogen and oxygen atoms in total. The van der Waals surface area contributed by atoms with Crippen LogP contribution in [0.15, 0.2) is 4.58 Å². The minimum absolute atomic E-state index is 0.215. The van der Waals surface area contributed by atoms with Gasteiger partial charge in [-0.3, -0.25) is 9.59 Å². The molecule has 0 radical (unpaired) electrons. The lowest BCUT2D eigenvalue weighted by Gasteiger charge is -2.31. The van der Waals surface area contributed by atoms with Crippen LogP contribution in [0.2, 0.25) is 0 Å². The van der Waals surface area contributed by atoms with Crippen LogP contribution in [-0.2, 0) is 23.9 Å². The van der Waals surface area contributed by atoms with E-state index in [1.54, 1.807) is 39.5 Å². The van der Waals surface area contributed by atoms with Gasteiger partial charge in [0.05, 0.1) is 18.6 Å². The smallest absolute Gasteiger partial charge is 0.329 e. The van der Waals surface area contributed by atoms with Gasteiger partial charge in [-0.2, -0.15) is 0 Å². The van der Waals surface area contributed by atoms with E-state index in [9.17, 15) is 19.3 Å². The molecule has 2 rings (SSSR count). The average molecular weight is 444 g/mol. The van der Waals surface area contributed by atoms with E-state index < -0.39 is 35.6 Å². The third-order valence-electron chi connectivity index (χ3n) is 5.39. The van der Waals surface area contributed by atoms with E-state index in [1.807, 2.05) is 0 Å². The Labute approximate surface area is 182 Å². The number of carbonyl (C=O) groups excluding carboxylic acids is 3. The second-order valence-electron chi connectivity index (χ2n) is 8.79. The molecule has 10 heteroatoms. The summed E-state index contributed by atoms with van der Waals surface area (Å²) in [6.45, 7) is 9.59. The van der Waals surface area contributed by atoms with Crippen molar-refractivity contribution in [2.45, 2.75) is 89.3 Å². The van der Waals surface area contributed by atoms with Gasteiger partial charge in [0.1, 0.15) is 11.6 Å². The van der Waals surface area contributed by atoms with Crippen molar-refractivity contribution in [3.8, 4) is 0 Å². The molecule has 2 fully saturated rings. The fourth-order valence-electron chi connectivity index (χ4n) is 4.13. The van der Waals surface area contributed by atoms with Gasteiger partial charge in [0.25, 0.3) is 0 Å². The lowest BCUT2D eigenvalue weighted by atomic mass is 10.0. The molecule has 0 bridgehead atoms. The Bertz CT molecular complexity index is 653. The largest absolute Gasteiger partial charge is 0.466 e. The highest BCUT2D eigenvalue weighted by atomic mass is 32.2. The Morgan fingerprint density at radius 3 is 2.50 bits per heavy atom. The van der Waals surface area contributed by atoms with Gasteiger partial charge in [0.15, 0.2) is 0 Å². The quantitative estimate of drug-likeness (QED) is 0.346. The fourth-order valence-corrected chi connectivity index (χ4v) is 4.88. The molecule has 1 aliphatic carbocycles. The molecule has 1 heterocycles. The molecular formula is C20H33N3O6S. The van der Waals surface area contributed by atoms with Gasteiger partial charge in [-0.15, -0.1) is 4.91 Å². The first-order valence-corrected chi connectivity index (χ1v) is 11.4. The van der Waals surface area contributed by atoms with E-state index in [1.165, 1.54) is 0 Å². The third kappa shape index (κ3) is 6.16. The molecular weight excluding hydrogens is 410 g/mol. The lowest BCUT2D eigenvalue weighted by Crippen LogP contribution is -2.55. The topological polar surface area (TPSA) is 114 Å². The van der Waals surface area contributed by atoms with Crippen LogP contribution in [0, 0.1) is 10.8 Å². The van der Waals surface area contributed by atoms with Crippen molar-refractivity contribution in [2.24, 2.45) is 10.5 Å². The predicted molar refractivity (Wildman–Crippen MR) is 113 cm³/mol. The predicted octanol–water partition coefficient (Wildman–Crippen LogP) is 2.42. The first-order valence-electron chi connectivity index (χ1n) is 10.5. The third-order valence-corrected chi connectivity index (χ3v) is 6.28. The van der Waals surface area contributed by atoms with Crippen LogP contribution in [0.25, 0.3) is 0 Å². The second-order valence-corrected chi connectivity index (χ2v) is 9.76.